The maximum absolute atomic E-state index is 12.1. The molecule has 2 aromatic rings. The van der Waals surface area contributed by atoms with E-state index in [9.17, 15) is 4.79 Å². The molecule has 0 N–H and O–H groups in total. The molecule has 3 rings (SSSR count). The number of hydrogen-bond acceptors (Lipinski definition) is 1. The average Bonchev–Trinajstić information content (AvgIpc) is 3.07. The highest BCUT2D eigenvalue weighted by atomic mass is 16.2. The molecule has 0 amide bonds. The van der Waals surface area contributed by atoms with E-state index in [4.69, 9.17) is 0 Å². The van der Waals surface area contributed by atoms with Crippen LogP contribution >= 0.6 is 0 Å². The zero-order valence-corrected chi connectivity index (χ0v) is 10.3. The summed E-state index contributed by atoms with van der Waals surface area (Å²) in [6, 6.07) is 8.44. The number of benzene rings is 1. The Hall–Kier alpha value is -1.57. The minimum atomic E-state index is 0.265. The summed E-state index contributed by atoms with van der Waals surface area (Å²) in [5, 5.41) is 1.16. The Morgan fingerprint density at radius 3 is 2.71 bits per heavy atom. The molecule has 1 aliphatic carbocycles. The van der Waals surface area contributed by atoms with E-state index in [0.717, 1.165) is 23.7 Å². The van der Waals surface area contributed by atoms with E-state index < -0.39 is 0 Å². The van der Waals surface area contributed by atoms with Gasteiger partial charge >= 0.3 is 0 Å². The lowest BCUT2D eigenvalue weighted by Gasteiger charge is -2.07. The van der Waals surface area contributed by atoms with Gasteiger partial charge in [0.05, 0.1) is 5.52 Å². The molecule has 1 aromatic carbocycles. The van der Waals surface area contributed by atoms with Crippen molar-refractivity contribution in [3.63, 3.8) is 0 Å². The molecule has 17 heavy (non-hydrogen) atoms. The van der Waals surface area contributed by atoms with Crippen molar-refractivity contribution in [1.29, 1.82) is 0 Å². The molecule has 0 spiro atoms. The van der Waals surface area contributed by atoms with E-state index in [1.165, 1.54) is 5.56 Å². The smallest absolute Gasteiger partial charge is 0.234 e. The van der Waals surface area contributed by atoms with Crippen LogP contribution < -0.4 is 0 Å². The molecule has 1 heterocycles. The molecule has 0 atom stereocenters. The van der Waals surface area contributed by atoms with E-state index in [-0.39, 0.29) is 11.8 Å². The Labute approximate surface area is 101 Å². The third-order valence-electron chi connectivity index (χ3n) is 3.55. The van der Waals surface area contributed by atoms with E-state index >= 15 is 0 Å². The van der Waals surface area contributed by atoms with Gasteiger partial charge in [-0.1, -0.05) is 26.0 Å². The quantitative estimate of drug-likeness (QED) is 0.764. The van der Waals surface area contributed by atoms with Gasteiger partial charge in [-0.15, -0.1) is 0 Å². The van der Waals surface area contributed by atoms with Crippen molar-refractivity contribution in [3.05, 3.63) is 36.0 Å². The molecule has 0 bridgehead atoms. The number of aromatic nitrogens is 1. The summed E-state index contributed by atoms with van der Waals surface area (Å²) in [6.07, 6.45) is 4.03. The fraction of sp³-hybridized carbons (Fsp3) is 0.400. The third kappa shape index (κ3) is 1.78. The largest absolute Gasteiger partial charge is 0.287 e. The Kier molecular flexibility index (Phi) is 2.32. The second-order valence-corrected chi connectivity index (χ2v) is 5.27. The molecule has 0 saturated heterocycles. The summed E-state index contributed by atoms with van der Waals surface area (Å²) < 4.78 is 1.83. The summed E-state index contributed by atoms with van der Waals surface area (Å²) in [5.74, 6) is 1.04. The number of carbonyl (C=O) groups is 1. The van der Waals surface area contributed by atoms with Crippen LogP contribution in [-0.4, -0.2) is 10.5 Å². The molecule has 1 saturated carbocycles. The van der Waals surface area contributed by atoms with Gasteiger partial charge in [0, 0.05) is 17.5 Å². The molecule has 0 unspecified atom stereocenters. The number of carbonyl (C=O) groups excluding carboxylic acids is 1. The molecule has 2 nitrogen and oxygen atoms in total. The van der Waals surface area contributed by atoms with Crippen molar-refractivity contribution in [1.82, 2.24) is 4.57 Å². The first-order valence-electron chi connectivity index (χ1n) is 6.32. The summed E-state index contributed by atoms with van der Waals surface area (Å²) in [7, 11) is 0. The van der Waals surface area contributed by atoms with Gasteiger partial charge in [0.2, 0.25) is 5.91 Å². The van der Waals surface area contributed by atoms with Crippen LogP contribution in [0.5, 0.6) is 0 Å². The molecule has 1 aromatic heterocycles. The lowest BCUT2D eigenvalue weighted by molar-refractivity contribution is 0.0891. The van der Waals surface area contributed by atoms with Crippen molar-refractivity contribution in [2.75, 3.05) is 0 Å². The van der Waals surface area contributed by atoms with E-state index in [1.807, 2.05) is 16.8 Å². The molecule has 88 valence electrons. The highest BCUT2D eigenvalue weighted by Crippen LogP contribution is 2.32. The Morgan fingerprint density at radius 2 is 2.06 bits per heavy atom. The number of fused-ring (bicyclic) bond motifs is 1. The monoisotopic (exact) mass is 227 g/mol. The van der Waals surface area contributed by atoms with Crippen molar-refractivity contribution >= 4 is 16.8 Å². The van der Waals surface area contributed by atoms with Crippen molar-refractivity contribution in [2.45, 2.75) is 32.6 Å². The van der Waals surface area contributed by atoms with Crippen LogP contribution in [0, 0.1) is 5.92 Å². The van der Waals surface area contributed by atoms with Gasteiger partial charge < -0.3 is 0 Å². The van der Waals surface area contributed by atoms with Gasteiger partial charge in [-0.05, 0) is 36.5 Å². The van der Waals surface area contributed by atoms with Gasteiger partial charge in [0.25, 0.3) is 0 Å². The van der Waals surface area contributed by atoms with Crippen LogP contribution in [-0.2, 0) is 0 Å². The molecule has 1 aliphatic rings. The predicted molar refractivity (Wildman–Crippen MR) is 69.4 cm³/mol. The first kappa shape index (κ1) is 10.6. The van der Waals surface area contributed by atoms with Gasteiger partial charge in [0.1, 0.15) is 0 Å². The molecular formula is C15H17NO. The molecular weight excluding hydrogens is 210 g/mol. The minimum absolute atomic E-state index is 0.265. The van der Waals surface area contributed by atoms with Crippen LogP contribution in [0.3, 0.4) is 0 Å². The predicted octanol–water partition coefficient (Wildman–Crippen LogP) is 3.81. The topological polar surface area (TPSA) is 22.0 Å². The van der Waals surface area contributed by atoms with Crippen LogP contribution in [0.25, 0.3) is 10.9 Å². The van der Waals surface area contributed by atoms with Gasteiger partial charge in [0.15, 0.2) is 0 Å². The summed E-state index contributed by atoms with van der Waals surface area (Å²) in [4.78, 5) is 12.1. The van der Waals surface area contributed by atoms with Crippen LogP contribution in [0.4, 0.5) is 0 Å². The minimum Gasteiger partial charge on any atom is -0.287 e. The average molecular weight is 227 g/mol. The van der Waals surface area contributed by atoms with Crippen LogP contribution in [0.15, 0.2) is 30.5 Å². The highest BCUT2D eigenvalue weighted by molar-refractivity contribution is 5.94. The summed E-state index contributed by atoms with van der Waals surface area (Å²) in [5.41, 5.74) is 2.36. The van der Waals surface area contributed by atoms with Crippen LogP contribution in [0.1, 0.15) is 43.0 Å². The summed E-state index contributed by atoms with van der Waals surface area (Å²) in [6.45, 7) is 4.36. The molecule has 1 fully saturated rings. The fourth-order valence-corrected chi connectivity index (χ4v) is 2.22. The van der Waals surface area contributed by atoms with E-state index in [2.05, 4.69) is 32.0 Å². The number of hydrogen-bond donors (Lipinski definition) is 0. The standard InChI is InChI=1S/C15H17NO/c1-10(2)13-6-3-11-7-8-16(14(11)9-13)15(17)12-4-5-12/h3,6-10,12H,4-5H2,1-2H3. The van der Waals surface area contributed by atoms with Gasteiger partial charge in [-0.25, -0.2) is 0 Å². The normalized spacial score (nSPS) is 15.7. The van der Waals surface area contributed by atoms with Crippen molar-refractivity contribution < 1.29 is 4.79 Å². The van der Waals surface area contributed by atoms with Crippen molar-refractivity contribution in [3.8, 4) is 0 Å². The van der Waals surface area contributed by atoms with Gasteiger partial charge in [-0.2, -0.15) is 0 Å². The molecule has 2 heteroatoms. The maximum Gasteiger partial charge on any atom is 0.234 e. The van der Waals surface area contributed by atoms with Crippen LogP contribution in [0.2, 0.25) is 0 Å². The van der Waals surface area contributed by atoms with Gasteiger partial charge in [-0.3, -0.25) is 9.36 Å². The molecule has 0 aliphatic heterocycles. The second kappa shape index (κ2) is 3.73. The summed E-state index contributed by atoms with van der Waals surface area (Å²) >= 11 is 0. The number of rotatable bonds is 2. The first-order valence-corrected chi connectivity index (χ1v) is 6.32. The maximum atomic E-state index is 12.1. The zero-order valence-electron chi connectivity index (χ0n) is 10.3. The third-order valence-corrected chi connectivity index (χ3v) is 3.55. The van der Waals surface area contributed by atoms with Crippen molar-refractivity contribution in [2.24, 2.45) is 5.92 Å². The fourth-order valence-electron chi connectivity index (χ4n) is 2.22. The highest BCUT2D eigenvalue weighted by Gasteiger charge is 2.31. The lowest BCUT2D eigenvalue weighted by atomic mass is 10.0. The lowest BCUT2D eigenvalue weighted by Crippen LogP contribution is -2.11. The van der Waals surface area contributed by atoms with E-state index in [0.29, 0.717) is 5.92 Å². The SMILES string of the molecule is CC(C)c1ccc2ccn(C(=O)C3CC3)c2c1. The first-order chi connectivity index (χ1) is 8.16. The second-order valence-electron chi connectivity index (χ2n) is 5.27. The zero-order chi connectivity index (χ0) is 12.0. The Balaban J connectivity index is 2.11. The van der Waals surface area contributed by atoms with E-state index in [1.54, 1.807) is 0 Å². The number of nitrogens with zero attached hydrogens (tertiary/aromatic N) is 1. The Bertz CT molecular complexity index is 576. The Morgan fingerprint density at radius 1 is 1.29 bits per heavy atom. The molecule has 0 radical (unpaired) electrons.